The number of H-pyrrole nitrogens is 1. The Hall–Kier alpha value is -0.990. The fraction of sp³-hybridized carbons (Fsp3) is 0.467. The van der Waals surface area contributed by atoms with Crippen molar-refractivity contribution < 1.29 is 0 Å². The number of rotatable bonds is 1. The van der Waals surface area contributed by atoms with Crippen LogP contribution in [0.1, 0.15) is 23.2 Å². The second kappa shape index (κ2) is 4.29. The molecule has 1 aliphatic carbocycles. The number of nitrogens with one attached hydrogen (secondary N) is 1. The fourth-order valence-electron chi connectivity index (χ4n) is 3.16. The monoisotopic (exact) mass is 262 g/mol. The van der Waals surface area contributed by atoms with Crippen LogP contribution in [0.25, 0.3) is 10.9 Å². The van der Waals surface area contributed by atoms with Crippen LogP contribution in [0.3, 0.4) is 0 Å². The minimum absolute atomic E-state index is 0.659. The summed E-state index contributed by atoms with van der Waals surface area (Å²) < 4.78 is 0. The molecule has 2 aromatic rings. The Kier molecular flexibility index (Phi) is 2.87. The number of aromatic nitrogens is 1. The standard InChI is InChI=1S/C15H19ClN2/c1-9-6-10(16)7-14-15(9)12-8-11(18(2)3)4-5-13(12)17-14/h6-7,11,17H,4-5,8H2,1-3H3. The Balaban J connectivity index is 2.15. The normalized spacial score (nSPS) is 19.5. The van der Waals surface area contributed by atoms with Crippen LogP contribution in [-0.2, 0) is 12.8 Å². The van der Waals surface area contributed by atoms with Crippen LogP contribution in [0.2, 0.25) is 5.02 Å². The molecule has 1 unspecified atom stereocenters. The van der Waals surface area contributed by atoms with Gasteiger partial charge in [-0.2, -0.15) is 0 Å². The zero-order valence-electron chi connectivity index (χ0n) is 11.2. The molecule has 0 spiro atoms. The van der Waals surface area contributed by atoms with Crippen molar-refractivity contribution in [1.82, 2.24) is 9.88 Å². The van der Waals surface area contributed by atoms with Crippen molar-refractivity contribution in [2.24, 2.45) is 0 Å². The van der Waals surface area contributed by atoms with E-state index in [4.69, 9.17) is 11.6 Å². The van der Waals surface area contributed by atoms with Gasteiger partial charge in [0, 0.05) is 27.7 Å². The van der Waals surface area contributed by atoms with Gasteiger partial charge in [0.1, 0.15) is 0 Å². The third kappa shape index (κ3) is 1.84. The van der Waals surface area contributed by atoms with Crippen LogP contribution < -0.4 is 0 Å². The van der Waals surface area contributed by atoms with E-state index in [1.54, 1.807) is 0 Å². The van der Waals surface area contributed by atoms with E-state index < -0.39 is 0 Å². The van der Waals surface area contributed by atoms with E-state index in [1.807, 2.05) is 6.07 Å². The van der Waals surface area contributed by atoms with Crippen LogP contribution in [0.5, 0.6) is 0 Å². The first-order valence-electron chi connectivity index (χ1n) is 6.52. The van der Waals surface area contributed by atoms with Crippen molar-refractivity contribution >= 4 is 22.5 Å². The molecule has 1 aromatic heterocycles. The maximum absolute atomic E-state index is 6.14. The molecule has 0 saturated heterocycles. The summed E-state index contributed by atoms with van der Waals surface area (Å²) >= 11 is 6.14. The van der Waals surface area contributed by atoms with Crippen LogP contribution >= 0.6 is 11.6 Å². The highest BCUT2D eigenvalue weighted by Gasteiger charge is 2.24. The topological polar surface area (TPSA) is 19.0 Å². The minimum Gasteiger partial charge on any atom is -0.358 e. The Morgan fingerprint density at radius 1 is 1.33 bits per heavy atom. The number of benzene rings is 1. The van der Waals surface area contributed by atoms with Crippen molar-refractivity contribution in [2.45, 2.75) is 32.2 Å². The van der Waals surface area contributed by atoms with Gasteiger partial charge in [0.05, 0.1) is 0 Å². The van der Waals surface area contributed by atoms with Crippen LogP contribution in [0.15, 0.2) is 12.1 Å². The summed E-state index contributed by atoms with van der Waals surface area (Å²) in [6.45, 7) is 2.15. The Bertz CT molecular complexity index is 598. The van der Waals surface area contributed by atoms with Gasteiger partial charge in [-0.1, -0.05) is 11.6 Å². The molecule has 18 heavy (non-hydrogen) atoms. The van der Waals surface area contributed by atoms with Crippen molar-refractivity contribution in [1.29, 1.82) is 0 Å². The van der Waals surface area contributed by atoms with Crippen LogP contribution in [-0.4, -0.2) is 30.0 Å². The van der Waals surface area contributed by atoms with E-state index in [9.17, 15) is 0 Å². The van der Waals surface area contributed by atoms with E-state index in [0.29, 0.717) is 6.04 Å². The van der Waals surface area contributed by atoms with Crippen LogP contribution in [0, 0.1) is 6.92 Å². The molecule has 3 rings (SSSR count). The number of aromatic amines is 1. The van der Waals surface area contributed by atoms with Crippen molar-refractivity contribution in [3.8, 4) is 0 Å². The second-order valence-corrected chi connectivity index (χ2v) is 6.02. The lowest BCUT2D eigenvalue weighted by molar-refractivity contribution is 0.268. The fourth-order valence-corrected chi connectivity index (χ4v) is 3.43. The molecule has 1 atom stereocenters. The molecule has 0 saturated carbocycles. The molecule has 0 amide bonds. The van der Waals surface area contributed by atoms with Crippen molar-refractivity contribution in [3.05, 3.63) is 34.0 Å². The highest BCUT2D eigenvalue weighted by Crippen LogP contribution is 2.33. The third-order valence-corrected chi connectivity index (χ3v) is 4.37. The van der Waals surface area contributed by atoms with Gasteiger partial charge in [-0.3, -0.25) is 0 Å². The summed E-state index contributed by atoms with van der Waals surface area (Å²) in [5.74, 6) is 0. The van der Waals surface area contributed by atoms with Gasteiger partial charge in [0.15, 0.2) is 0 Å². The van der Waals surface area contributed by atoms with E-state index in [2.05, 4.69) is 37.0 Å². The summed E-state index contributed by atoms with van der Waals surface area (Å²) in [5.41, 5.74) is 5.40. The molecule has 0 bridgehead atoms. The van der Waals surface area contributed by atoms with Gasteiger partial charge in [-0.15, -0.1) is 0 Å². The lowest BCUT2D eigenvalue weighted by Crippen LogP contribution is -2.33. The number of likely N-dealkylation sites (N-methyl/N-ethyl adjacent to an activating group) is 1. The predicted octanol–water partition coefficient (Wildman–Crippen LogP) is 3.55. The minimum atomic E-state index is 0.659. The van der Waals surface area contributed by atoms with E-state index >= 15 is 0 Å². The van der Waals surface area contributed by atoms with Gasteiger partial charge in [-0.25, -0.2) is 0 Å². The third-order valence-electron chi connectivity index (χ3n) is 4.15. The molecule has 2 nitrogen and oxygen atoms in total. The molecule has 0 aliphatic heterocycles. The average molecular weight is 263 g/mol. The molecule has 0 fully saturated rings. The van der Waals surface area contributed by atoms with Crippen LogP contribution in [0.4, 0.5) is 0 Å². The second-order valence-electron chi connectivity index (χ2n) is 5.59. The first kappa shape index (κ1) is 12.1. The van der Waals surface area contributed by atoms with Crippen molar-refractivity contribution in [3.63, 3.8) is 0 Å². The lowest BCUT2D eigenvalue weighted by atomic mass is 9.90. The highest BCUT2D eigenvalue weighted by atomic mass is 35.5. The SMILES string of the molecule is Cc1cc(Cl)cc2[nH]c3c(c12)CC(N(C)C)CC3. The number of halogens is 1. The molecular weight excluding hydrogens is 244 g/mol. The maximum atomic E-state index is 6.14. The average Bonchev–Trinajstić information content (AvgIpc) is 2.65. The molecule has 3 heteroatoms. The van der Waals surface area contributed by atoms with Gasteiger partial charge in [0.2, 0.25) is 0 Å². The number of hydrogen-bond acceptors (Lipinski definition) is 1. The number of fused-ring (bicyclic) bond motifs is 3. The van der Waals surface area contributed by atoms with Gasteiger partial charge in [-0.05, 0) is 63.5 Å². The first-order valence-corrected chi connectivity index (χ1v) is 6.90. The molecule has 1 aliphatic rings. The van der Waals surface area contributed by atoms with Gasteiger partial charge < -0.3 is 9.88 Å². The Labute approximate surface area is 113 Å². The quantitative estimate of drug-likeness (QED) is 0.833. The summed E-state index contributed by atoms with van der Waals surface area (Å²) in [5, 5.41) is 2.21. The molecule has 0 radical (unpaired) electrons. The molecule has 1 N–H and O–H groups in total. The van der Waals surface area contributed by atoms with Gasteiger partial charge in [0.25, 0.3) is 0 Å². The summed E-state index contributed by atoms with van der Waals surface area (Å²) in [6, 6.07) is 4.77. The molecule has 96 valence electrons. The zero-order chi connectivity index (χ0) is 12.9. The predicted molar refractivity (Wildman–Crippen MR) is 77.5 cm³/mol. The number of nitrogens with zero attached hydrogens (tertiary/aromatic N) is 1. The summed E-state index contributed by atoms with van der Waals surface area (Å²) in [6.07, 6.45) is 3.52. The van der Waals surface area contributed by atoms with Crippen molar-refractivity contribution in [2.75, 3.05) is 14.1 Å². The summed E-state index contributed by atoms with van der Waals surface area (Å²) in [4.78, 5) is 5.89. The number of aryl methyl sites for hydroxylation is 2. The smallest absolute Gasteiger partial charge is 0.0476 e. The molecular formula is C15H19ClN2. The first-order chi connectivity index (χ1) is 8.56. The molecule has 1 aromatic carbocycles. The molecule has 1 heterocycles. The Morgan fingerprint density at radius 2 is 2.11 bits per heavy atom. The largest absolute Gasteiger partial charge is 0.358 e. The number of hydrogen-bond donors (Lipinski definition) is 1. The van der Waals surface area contributed by atoms with Gasteiger partial charge >= 0.3 is 0 Å². The summed E-state index contributed by atoms with van der Waals surface area (Å²) in [7, 11) is 4.35. The highest BCUT2D eigenvalue weighted by molar-refractivity contribution is 6.31. The Morgan fingerprint density at radius 3 is 2.83 bits per heavy atom. The van der Waals surface area contributed by atoms with E-state index in [-0.39, 0.29) is 0 Å². The van der Waals surface area contributed by atoms with E-state index in [0.717, 1.165) is 17.9 Å². The van der Waals surface area contributed by atoms with E-state index in [1.165, 1.54) is 34.1 Å². The maximum Gasteiger partial charge on any atom is 0.0476 e. The zero-order valence-corrected chi connectivity index (χ0v) is 11.9. The lowest BCUT2D eigenvalue weighted by Gasteiger charge is -2.28.